The lowest BCUT2D eigenvalue weighted by Gasteiger charge is -2.36. The summed E-state index contributed by atoms with van der Waals surface area (Å²) in [4.78, 5) is 10.7. The quantitative estimate of drug-likeness (QED) is 0.248. The average molecular weight is 340 g/mol. The summed E-state index contributed by atoms with van der Waals surface area (Å²) in [6, 6.07) is 4.28. The number of phenolic OH excluding ortho intramolecular Hbond substituents is 1. The molecule has 24 heavy (non-hydrogen) atoms. The van der Waals surface area contributed by atoms with Crippen molar-refractivity contribution < 1.29 is 29.6 Å². The van der Waals surface area contributed by atoms with Crippen molar-refractivity contribution in [3.8, 4) is 5.75 Å². The zero-order valence-electron chi connectivity index (χ0n) is 13.5. The minimum atomic E-state index is -0.884. The molecule has 1 aliphatic rings. The van der Waals surface area contributed by atoms with Gasteiger partial charge in [0, 0.05) is 30.3 Å². The maximum atomic E-state index is 10.7. The number of carbonyl (C=O) groups is 1. The Balaban J connectivity index is 1.66. The highest BCUT2D eigenvalue weighted by Crippen LogP contribution is 2.19. The minimum Gasteiger partial charge on any atom is -0.508 e. The molecule has 1 aromatic carbocycles. The second-order valence-electron chi connectivity index (χ2n) is 5.76. The van der Waals surface area contributed by atoms with Crippen LogP contribution in [0, 0.1) is 0 Å². The molecule has 4 atom stereocenters. The van der Waals surface area contributed by atoms with E-state index in [1.807, 2.05) is 0 Å². The summed E-state index contributed by atoms with van der Waals surface area (Å²) in [5.74, 6) is 0.0760. The fourth-order valence-electron chi connectivity index (χ4n) is 2.55. The number of benzene rings is 1. The van der Waals surface area contributed by atoms with Crippen molar-refractivity contribution in [3.05, 3.63) is 29.3 Å². The van der Waals surface area contributed by atoms with Crippen LogP contribution >= 0.6 is 0 Å². The molecule has 1 fully saturated rings. The Morgan fingerprint density at radius 1 is 1.42 bits per heavy atom. The highest BCUT2D eigenvalue weighted by Gasteiger charge is 2.33. The third kappa shape index (κ3) is 5.23. The van der Waals surface area contributed by atoms with Gasteiger partial charge in [-0.15, -0.1) is 0 Å². The monoisotopic (exact) mass is 340 g/mol. The van der Waals surface area contributed by atoms with Gasteiger partial charge in [0.05, 0.1) is 25.5 Å². The molecule has 0 bridgehead atoms. The standard InChI is InChI=1S/C16H24N2O6/c1-10-16(22)13(5-15(21)24-10)18-8-17-9-23-7-12-4-11(6-19)2-3-14(12)20/h2-4,6,10,13,15-18,20-22H,5,7-9H2,1H3/t10?,13-,15?,16+/m0/s1. The van der Waals surface area contributed by atoms with Crippen LogP contribution in [0.15, 0.2) is 18.2 Å². The number of aromatic hydroxyl groups is 1. The van der Waals surface area contributed by atoms with Gasteiger partial charge in [-0.1, -0.05) is 0 Å². The van der Waals surface area contributed by atoms with Crippen molar-refractivity contribution in [2.75, 3.05) is 13.4 Å². The van der Waals surface area contributed by atoms with E-state index in [-0.39, 0.29) is 25.1 Å². The molecule has 1 aromatic rings. The molecule has 8 heteroatoms. The van der Waals surface area contributed by atoms with Crippen molar-refractivity contribution in [2.24, 2.45) is 0 Å². The van der Waals surface area contributed by atoms with Crippen LogP contribution in [-0.2, 0) is 16.1 Å². The van der Waals surface area contributed by atoms with Crippen LogP contribution in [0.25, 0.3) is 0 Å². The number of phenols is 1. The average Bonchev–Trinajstić information content (AvgIpc) is 2.56. The number of hydrogen-bond donors (Lipinski definition) is 5. The molecular formula is C16H24N2O6. The smallest absolute Gasteiger partial charge is 0.156 e. The lowest BCUT2D eigenvalue weighted by molar-refractivity contribution is -0.202. The van der Waals surface area contributed by atoms with Gasteiger partial charge in [0.25, 0.3) is 0 Å². The summed E-state index contributed by atoms with van der Waals surface area (Å²) in [6.45, 7) is 2.46. The van der Waals surface area contributed by atoms with Crippen LogP contribution in [0.4, 0.5) is 0 Å². The van der Waals surface area contributed by atoms with Crippen molar-refractivity contribution >= 4 is 6.29 Å². The number of hydrogen-bond acceptors (Lipinski definition) is 8. The second-order valence-corrected chi connectivity index (χ2v) is 5.76. The first kappa shape index (κ1) is 18.8. The van der Waals surface area contributed by atoms with Crippen LogP contribution in [0.2, 0.25) is 0 Å². The van der Waals surface area contributed by atoms with E-state index >= 15 is 0 Å². The summed E-state index contributed by atoms with van der Waals surface area (Å²) < 4.78 is 10.5. The SMILES string of the molecule is CC1OC(O)C[C@H](NCNCOCc2cc(C=O)ccc2O)[C@@H]1O. The number of aldehydes is 1. The van der Waals surface area contributed by atoms with Gasteiger partial charge < -0.3 is 24.8 Å². The van der Waals surface area contributed by atoms with Crippen LogP contribution in [-0.4, -0.2) is 59.5 Å². The lowest BCUT2D eigenvalue weighted by Crippen LogP contribution is -2.55. The van der Waals surface area contributed by atoms with Gasteiger partial charge in [0.1, 0.15) is 12.0 Å². The van der Waals surface area contributed by atoms with E-state index in [2.05, 4.69) is 10.6 Å². The number of aliphatic hydroxyl groups excluding tert-OH is 2. The molecule has 0 saturated carbocycles. The molecule has 0 spiro atoms. The Morgan fingerprint density at radius 3 is 2.96 bits per heavy atom. The van der Waals surface area contributed by atoms with E-state index in [0.29, 0.717) is 30.5 Å². The summed E-state index contributed by atoms with van der Waals surface area (Å²) in [7, 11) is 0. The first-order valence-corrected chi connectivity index (χ1v) is 7.81. The fraction of sp³-hybridized carbons (Fsp3) is 0.562. The molecular weight excluding hydrogens is 316 g/mol. The largest absolute Gasteiger partial charge is 0.508 e. The van der Waals surface area contributed by atoms with Crippen molar-refractivity contribution in [3.63, 3.8) is 0 Å². The second kappa shape index (κ2) is 9.07. The molecule has 0 aliphatic carbocycles. The summed E-state index contributed by atoms with van der Waals surface area (Å²) in [5.41, 5.74) is 1.01. The first-order valence-electron chi connectivity index (χ1n) is 7.81. The van der Waals surface area contributed by atoms with Crippen LogP contribution in [0.3, 0.4) is 0 Å². The van der Waals surface area contributed by atoms with E-state index in [9.17, 15) is 20.1 Å². The number of carbonyl (C=O) groups excluding carboxylic acids is 1. The molecule has 0 radical (unpaired) electrons. The predicted molar refractivity (Wildman–Crippen MR) is 85.3 cm³/mol. The molecule has 2 unspecified atom stereocenters. The lowest BCUT2D eigenvalue weighted by atomic mass is 10.00. The van der Waals surface area contributed by atoms with Crippen LogP contribution in [0.5, 0.6) is 5.75 Å². The molecule has 134 valence electrons. The van der Waals surface area contributed by atoms with Crippen LogP contribution < -0.4 is 10.6 Å². The molecule has 8 nitrogen and oxygen atoms in total. The predicted octanol–water partition coefficient (Wildman–Crippen LogP) is -0.328. The maximum absolute atomic E-state index is 10.7. The molecule has 1 saturated heterocycles. The van der Waals surface area contributed by atoms with Gasteiger partial charge in [-0.25, -0.2) is 0 Å². The third-order valence-corrected chi connectivity index (χ3v) is 3.91. The van der Waals surface area contributed by atoms with E-state index in [4.69, 9.17) is 9.47 Å². The summed E-state index contributed by atoms with van der Waals surface area (Å²) in [5, 5.41) is 35.3. The highest BCUT2D eigenvalue weighted by molar-refractivity contribution is 5.75. The zero-order valence-corrected chi connectivity index (χ0v) is 13.5. The van der Waals surface area contributed by atoms with Gasteiger partial charge in [-0.3, -0.25) is 15.4 Å². The van der Waals surface area contributed by atoms with Crippen molar-refractivity contribution in [1.82, 2.24) is 10.6 Å². The van der Waals surface area contributed by atoms with Gasteiger partial charge in [0.2, 0.25) is 0 Å². The molecule has 0 amide bonds. The maximum Gasteiger partial charge on any atom is 0.156 e. The minimum absolute atomic E-state index is 0.0760. The Bertz CT molecular complexity index is 541. The summed E-state index contributed by atoms with van der Waals surface area (Å²) in [6.07, 6.45) is -1.000. The van der Waals surface area contributed by atoms with Crippen molar-refractivity contribution in [2.45, 2.75) is 44.5 Å². The Kier molecular flexibility index (Phi) is 7.10. The van der Waals surface area contributed by atoms with E-state index in [1.54, 1.807) is 13.0 Å². The molecule has 5 N–H and O–H groups in total. The third-order valence-electron chi connectivity index (χ3n) is 3.91. The Hall–Kier alpha value is -1.55. The normalized spacial score (nSPS) is 27.1. The van der Waals surface area contributed by atoms with Gasteiger partial charge >= 0.3 is 0 Å². The molecule has 0 aromatic heterocycles. The first-order chi connectivity index (χ1) is 11.5. The molecule has 1 aliphatic heterocycles. The Morgan fingerprint density at radius 2 is 2.21 bits per heavy atom. The molecule has 1 heterocycles. The number of ether oxygens (including phenoxy) is 2. The Labute approximate surface area is 140 Å². The topological polar surface area (TPSA) is 120 Å². The number of aliphatic hydroxyl groups is 2. The number of rotatable bonds is 8. The highest BCUT2D eigenvalue weighted by atomic mass is 16.6. The van der Waals surface area contributed by atoms with Gasteiger partial charge in [-0.05, 0) is 25.1 Å². The number of nitrogens with one attached hydrogen (secondary N) is 2. The summed E-state index contributed by atoms with van der Waals surface area (Å²) >= 11 is 0. The van der Waals surface area contributed by atoms with Crippen molar-refractivity contribution in [1.29, 1.82) is 0 Å². The molecule has 2 rings (SSSR count). The zero-order chi connectivity index (χ0) is 17.5. The van der Waals surface area contributed by atoms with E-state index in [0.717, 1.165) is 0 Å². The van der Waals surface area contributed by atoms with E-state index < -0.39 is 18.5 Å². The van der Waals surface area contributed by atoms with Crippen LogP contribution in [0.1, 0.15) is 29.3 Å². The fourth-order valence-corrected chi connectivity index (χ4v) is 2.55. The van der Waals surface area contributed by atoms with E-state index in [1.165, 1.54) is 12.1 Å². The van der Waals surface area contributed by atoms with Gasteiger partial charge in [-0.2, -0.15) is 0 Å². The van der Waals surface area contributed by atoms with Gasteiger partial charge in [0.15, 0.2) is 6.29 Å².